The van der Waals surface area contributed by atoms with Crippen LogP contribution in [-0.2, 0) is 22.7 Å². The summed E-state index contributed by atoms with van der Waals surface area (Å²) in [6.45, 7) is 2.23. The molecule has 0 aliphatic rings. The van der Waals surface area contributed by atoms with Gasteiger partial charge in [-0.25, -0.2) is 0 Å². The van der Waals surface area contributed by atoms with Gasteiger partial charge in [-0.15, -0.1) is 0 Å². The summed E-state index contributed by atoms with van der Waals surface area (Å²) in [6.07, 6.45) is 3.38. The third-order valence-corrected chi connectivity index (χ3v) is 4.49. The molecular formula is C23H23N3O2. The van der Waals surface area contributed by atoms with Gasteiger partial charge in [0.25, 0.3) is 0 Å². The summed E-state index contributed by atoms with van der Waals surface area (Å²) in [5.74, 6) is -0.370. The number of nitrogens with zero attached hydrogens (tertiary/aromatic N) is 2. The Balaban J connectivity index is 1.86. The van der Waals surface area contributed by atoms with Crippen molar-refractivity contribution in [1.29, 1.82) is 0 Å². The van der Waals surface area contributed by atoms with Gasteiger partial charge in [-0.3, -0.25) is 14.6 Å². The van der Waals surface area contributed by atoms with E-state index >= 15 is 0 Å². The van der Waals surface area contributed by atoms with Crippen molar-refractivity contribution in [2.75, 3.05) is 0 Å². The number of pyridine rings is 1. The van der Waals surface area contributed by atoms with Crippen LogP contribution in [0.15, 0.2) is 85.2 Å². The van der Waals surface area contributed by atoms with Crippen molar-refractivity contribution in [3.8, 4) is 0 Å². The van der Waals surface area contributed by atoms with E-state index in [0.29, 0.717) is 13.1 Å². The smallest absolute Gasteiger partial charge is 0.247 e. The molecule has 3 aromatic rings. The van der Waals surface area contributed by atoms with Crippen molar-refractivity contribution < 1.29 is 9.59 Å². The van der Waals surface area contributed by atoms with Crippen LogP contribution in [0.3, 0.4) is 0 Å². The van der Waals surface area contributed by atoms with Crippen molar-refractivity contribution in [2.24, 2.45) is 0 Å². The highest BCUT2D eigenvalue weighted by Crippen LogP contribution is 2.24. The largest absolute Gasteiger partial charge is 0.350 e. The Kier molecular flexibility index (Phi) is 6.52. The second-order valence-corrected chi connectivity index (χ2v) is 6.52. The van der Waals surface area contributed by atoms with Gasteiger partial charge in [0.15, 0.2) is 0 Å². The molecular weight excluding hydrogens is 350 g/mol. The topological polar surface area (TPSA) is 62.3 Å². The van der Waals surface area contributed by atoms with Gasteiger partial charge in [0, 0.05) is 32.4 Å². The van der Waals surface area contributed by atoms with Crippen molar-refractivity contribution >= 4 is 11.8 Å². The Bertz CT molecular complexity index is 899. The number of nitrogens with one attached hydrogen (secondary N) is 1. The normalized spacial score (nSPS) is 11.5. The second kappa shape index (κ2) is 9.46. The zero-order valence-electron chi connectivity index (χ0n) is 15.8. The van der Waals surface area contributed by atoms with Gasteiger partial charge in [-0.05, 0) is 28.8 Å². The number of carbonyl (C=O) groups is 2. The maximum absolute atomic E-state index is 13.1. The lowest BCUT2D eigenvalue weighted by Gasteiger charge is -2.30. The average molecular weight is 373 g/mol. The third-order valence-electron chi connectivity index (χ3n) is 4.49. The van der Waals surface area contributed by atoms with Crippen molar-refractivity contribution in [1.82, 2.24) is 15.2 Å². The second-order valence-electron chi connectivity index (χ2n) is 6.52. The maximum atomic E-state index is 13.1. The summed E-state index contributed by atoms with van der Waals surface area (Å²) in [4.78, 5) is 31.2. The van der Waals surface area contributed by atoms with Gasteiger partial charge in [0.2, 0.25) is 11.8 Å². The van der Waals surface area contributed by atoms with E-state index in [0.717, 1.165) is 16.7 Å². The van der Waals surface area contributed by atoms with E-state index in [1.807, 2.05) is 72.8 Å². The first-order chi connectivity index (χ1) is 13.6. The van der Waals surface area contributed by atoms with Gasteiger partial charge in [-0.1, -0.05) is 60.7 Å². The first kappa shape index (κ1) is 19.3. The molecule has 0 radical (unpaired) electrons. The molecule has 5 nitrogen and oxygen atoms in total. The predicted octanol–water partition coefficient (Wildman–Crippen LogP) is 3.49. The number of hydrogen-bond donors (Lipinski definition) is 1. The highest BCUT2D eigenvalue weighted by atomic mass is 16.2. The molecule has 5 heteroatoms. The lowest BCUT2D eigenvalue weighted by atomic mass is 10.0. The molecule has 1 heterocycles. The predicted molar refractivity (Wildman–Crippen MR) is 108 cm³/mol. The number of carbonyl (C=O) groups excluding carboxylic acids is 2. The summed E-state index contributed by atoms with van der Waals surface area (Å²) in [5.41, 5.74) is 2.70. The highest BCUT2D eigenvalue weighted by Gasteiger charge is 2.29. The fourth-order valence-electron chi connectivity index (χ4n) is 3.06. The fourth-order valence-corrected chi connectivity index (χ4v) is 3.06. The SMILES string of the molecule is CC(=O)N(Cc1ccccc1)C(C(=O)NCc1ccncc1)c1ccccc1. The Morgan fingerprint density at radius 3 is 2.11 bits per heavy atom. The molecule has 1 N–H and O–H groups in total. The summed E-state index contributed by atoms with van der Waals surface area (Å²) in [5, 5.41) is 2.96. The zero-order chi connectivity index (χ0) is 19.8. The van der Waals surface area contributed by atoms with Gasteiger partial charge < -0.3 is 10.2 Å². The van der Waals surface area contributed by atoms with E-state index < -0.39 is 6.04 Å². The van der Waals surface area contributed by atoms with E-state index in [9.17, 15) is 9.59 Å². The molecule has 2 amide bonds. The first-order valence-electron chi connectivity index (χ1n) is 9.18. The van der Waals surface area contributed by atoms with Crippen LogP contribution in [0.4, 0.5) is 0 Å². The summed E-state index contributed by atoms with van der Waals surface area (Å²) >= 11 is 0. The number of rotatable bonds is 7. The molecule has 0 saturated carbocycles. The molecule has 3 rings (SSSR count). The van der Waals surface area contributed by atoms with E-state index in [1.54, 1.807) is 17.3 Å². The Morgan fingerprint density at radius 1 is 0.893 bits per heavy atom. The monoisotopic (exact) mass is 373 g/mol. The molecule has 0 saturated heterocycles. The first-order valence-corrected chi connectivity index (χ1v) is 9.18. The number of hydrogen-bond acceptors (Lipinski definition) is 3. The molecule has 0 spiro atoms. The Labute approximate surface area is 165 Å². The molecule has 0 bridgehead atoms. The zero-order valence-corrected chi connectivity index (χ0v) is 15.8. The van der Waals surface area contributed by atoms with Crippen LogP contribution in [0.2, 0.25) is 0 Å². The molecule has 0 fully saturated rings. The van der Waals surface area contributed by atoms with Gasteiger partial charge >= 0.3 is 0 Å². The summed E-state index contributed by atoms with van der Waals surface area (Å²) in [6, 6.07) is 22.1. The van der Waals surface area contributed by atoms with Crippen molar-refractivity contribution in [3.05, 3.63) is 102 Å². The standard InChI is InChI=1S/C23H23N3O2/c1-18(27)26(17-20-8-4-2-5-9-20)22(21-10-6-3-7-11-21)23(28)25-16-19-12-14-24-15-13-19/h2-15,22H,16-17H2,1H3,(H,25,28). The van der Waals surface area contributed by atoms with Gasteiger partial charge in [0.05, 0.1) is 0 Å². The van der Waals surface area contributed by atoms with Gasteiger partial charge in [0.1, 0.15) is 6.04 Å². The number of amides is 2. The van der Waals surface area contributed by atoms with E-state index in [-0.39, 0.29) is 11.8 Å². The third kappa shape index (κ3) is 5.04. The Hall–Kier alpha value is -3.47. The minimum Gasteiger partial charge on any atom is -0.350 e. The number of aromatic nitrogens is 1. The minimum absolute atomic E-state index is 0.156. The molecule has 0 aliphatic heterocycles. The molecule has 2 aromatic carbocycles. The number of benzene rings is 2. The molecule has 1 atom stereocenters. The fraction of sp³-hybridized carbons (Fsp3) is 0.174. The van der Waals surface area contributed by atoms with Gasteiger partial charge in [-0.2, -0.15) is 0 Å². The minimum atomic E-state index is -0.708. The highest BCUT2D eigenvalue weighted by molar-refractivity contribution is 5.88. The lowest BCUT2D eigenvalue weighted by molar-refractivity contribution is -0.140. The van der Waals surface area contributed by atoms with Crippen LogP contribution >= 0.6 is 0 Å². The average Bonchev–Trinajstić information content (AvgIpc) is 2.74. The maximum Gasteiger partial charge on any atom is 0.247 e. The summed E-state index contributed by atoms with van der Waals surface area (Å²) < 4.78 is 0. The quantitative estimate of drug-likeness (QED) is 0.690. The van der Waals surface area contributed by atoms with Crippen LogP contribution in [0.1, 0.15) is 29.7 Å². The van der Waals surface area contributed by atoms with Crippen LogP contribution in [0, 0.1) is 0 Å². The summed E-state index contributed by atoms with van der Waals surface area (Å²) in [7, 11) is 0. The molecule has 1 aromatic heterocycles. The van der Waals surface area contributed by atoms with Crippen LogP contribution < -0.4 is 5.32 Å². The molecule has 1 unspecified atom stereocenters. The van der Waals surface area contributed by atoms with Crippen LogP contribution in [0.5, 0.6) is 0 Å². The Morgan fingerprint density at radius 2 is 1.50 bits per heavy atom. The van der Waals surface area contributed by atoms with E-state index in [4.69, 9.17) is 0 Å². The van der Waals surface area contributed by atoms with E-state index in [1.165, 1.54) is 6.92 Å². The lowest BCUT2D eigenvalue weighted by Crippen LogP contribution is -2.42. The molecule has 28 heavy (non-hydrogen) atoms. The van der Waals surface area contributed by atoms with Crippen LogP contribution in [0.25, 0.3) is 0 Å². The molecule has 142 valence electrons. The molecule has 0 aliphatic carbocycles. The van der Waals surface area contributed by atoms with Crippen molar-refractivity contribution in [3.63, 3.8) is 0 Å². The van der Waals surface area contributed by atoms with Crippen molar-refractivity contribution in [2.45, 2.75) is 26.1 Å². The van der Waals surface area contributed by atoms with Crippen LogP contribution in [-0.4, -0.2) is 21.7 Å². The van der Waals surface area contributed by atoms with E-state index in [2.05, 4.69) is 10.3 Å².